The fraction of sp³-hybridized carbons (Fsp3) is 1.00. The van der Waals surface area contributed by atoms with Crippen molar-refractivity contribution in [2.45, 2.75) is 32.6 Å². The second-order valence-electron chi connectivity index (χ2n) is 3.73. The Hall–Kier alpha value is -0.0800. The van der Waals surface area contributed by atoms with Crippen molar-refractivity contribution in [2.24, 2.45) is 11.1 Å². The van der Waals surface area contributed by atoms with Gasteiger partial charge in [0.05, 0.1) is 0 Å². The van der Waals surface area contributed by atoms with Crippen LogP contribution in [0.15, 0.2) is 0 Å². The van der Waals surface area contributed by atoms with Crippen LogP contribution in [0.3, 0.4) is 0 Å². The van der Waals surface area contributed by atoms with Gasteiger partial charge in [0.1, 0.15) is 0 Å². The van der Waals surface area contributed by atoms with Gasteiger partial charge in [-0.1, -0.05) is 13.3 Å². The van der Waals surface area contributed by atoms with Gasteiger partial charge in [-0.3, -0.25) is 0 Å². The van der Waals surface area contributed by atoms with Gasteiger partial charge in [-0.2, -0.15) is 0 Å². The summed E-state index contributed by atoms with van der Waals surface area (Å²) in [5, 5.41) is 3.46. The van der Waals surface area contributed by atoms with Crippen molar-refractivity contribution in [2.75, 3.05) is 19.6 Å². The predicted molar refractivity (Wildman–Crippen MR) is 48.5 cm³/mol. The molecule has 1 aliphatic carbocycles. The quantitative estimate of drug-likeness (QED) is 0.565. The van der Waals surface area contributed by atoms with E-state index >= 15 is 0 Å². The van der Waals surface area contributed by atoms with Gasteiger partial charge >= 0.3 is 0 Å². The van der Waals surface area contributed by atoms with E-state index in [2.05, 4.69) is 12.2 Å². The largest absolute Gasteiger partial charge is 0.330 e. The van der Waals surface area contributed by atoms with Crippen LogP contribution in [-0.2, 0) is 0 Å². The van der Waals surface area contributed by atoms with Gasteiger partial charge in [-0.15, -0.1) is 0 Å². The van der Waals surface area contributed by atoms with Crippen LogP contribution >= 0.6 is 0 Å². The molecular weight excluding hydrogens is 136 g/mol. The van der Waals surface area contributed by atoms with Crippen LogP contribution in [0.2, 0.25) is 0 Å². The standard InChI is InChI=1S/C9H20N2/c1-2-3-6-11-8-9(7-10)4-5-9/h11H,2-8,10H2,1H3. The van der Waals surface area contributed by atoms with Crippen LogP contribution in [0.4, 0.5) is 0 Å². The van der Waals surface area contributed by atoms with Crippen molar-refractivity contribution in [1.29, 1.82) is 0 Å². The molecule has 1 rings (SSSR count). The molecule has 3 N–H and O–H groups in total. The lowest BCUT2D eigenvalue weighted by molar-refractivity contribution is 0.464. The Bertz CT molecular complexity index is 108. The minimum Gasteiger partial charge on any atom is -0.330 e. The summed E-state index contributed by atoms with van der Waals surface area (Å²) in [4.78, 5) is 0. The van der Waals surface area contributed by atoms with Gasteiger partial charge in [0.25, 0.3) is 0 Å². The van der Waals surface area contributed by atoms with Gasteiger partial charge < -0.3 is 11.1 Å². The van der Waals surface area contributed by atoms with E-state index in [4.69, 9.17) is 5.73 Å². The smallest absolute Gasteiger partial charge is 0.00199 e. The summed E-state index contributed by atoms with van der Waals surface area (Å²) in [6, 6.07) is 0. The summed E-state index contributed by atoms with van der Waals surface area (Å²) in [5.74, 6) is 0. The molecule has 0 aromatic rings. The molecule has 0 aromatic carbocycles. The molecule has 2 nitrogen and oxygen atoms in total. The van der Waals surface area contributed by atoms with E-state index in [1.807, 2.05) is 0 Å². The molecule has 0 bridgehead atoms. The molecule has 66 valence electrons. The molecule has 1 saturated carbocycles. The number of nitrogens with two attached hydrogens (primary N) is 1. The molecule has 2 heteroatoms. The van der Waals surface area contributed by atoms with Crippen molar-refractivity contribution >= 4 is 0 Å². The molecule has 0 atom stereocenters. The summed E-state index contributed by atoms with van der Waals surface area (Å²) < 4.78 is 0. The molecular formula is C9H20N2. The third-order valence-corrected chi connectivity index (χ3v) is 2.60. The summed E-state index contributed by atoms with van der Waals surface area (Å²) in [6.45, 7) is 5.39. The minimum atomic E-state index is 0.508. The second-order valence-corrected chi connectivity index (χ2v) is 3.73. The number of nitrogens with one attached hydrogen (secondary N) is 1. The van der Waals surface area contributed by atoms with E-state index < -0.39 is 0 Å². The maximum atomic E-state index is 5.64. The predicted octanol–water partition coefficient (Wildman–Crippen LogP) is 1.11. The zero-order valence-electron chi connectivity index (χ0n) is 7.53. The Morgan fingerprint density at radius 1 is 1.45 bits per heavy atom. The van der Waals surface area contributed by atoms with Gasteiger partial charge in [-0.25, -0.2) is 0 Å². The van der Waals surface area contributed by atoms with Gasteiger partial charge in [-0.05, 0) is 37.8 Å². The monoisotopic (exact) mass is 156 g/mol. The summed E-state index contributed by atoms with van der Waals surface area (Å²) in [7, 11) is 0. The highest BCUT2D eigenvalue weighted by atomic mass is 14.9. The molecule has 0 spiro atoms. The fourth-order valence-electron chi connectivity index (χ4n) is 1.29. The first-order valence-electron chi connectivity index (χ1n) is 4.74. The van der Waals surface area contributed by atoms with E-state index in [1.54, 1.807) is 0 Å². The number of hydrogen-bond acceptors (Lipinski definition) is 2. The average molecular weight is 156 g/mol. The maximum Gasteiger partial charge on any atom is 0.00199 e. The van der Waals surface area contributed by atoms with E-state index in [1.165, 1.54) is 25.7 Å². The summed E-state index contributed by atoms with van der Waals surface area (Å²) in [6.07, 6.45) is 5.24. The Labute approximate surface area is 69.5 Å². The van der Waals surface area contributed by atoms with E-state index in [9.17, 15) is 0 Å². The number of unbranched alkanes of at least 4 members (excludes halogenated alkanes) is 1. The maximum absolute atomic E-state index is 5.64. The van der Waals surface area contributed by atoms with Gasteiger partial charge in [0, 0.05) is 6.54 Å². The summed E-state index contributed by atoms with van der Waals surface area (Å²) >= 11 is 0. The Morgan fingerprint density at radius 2 is 2.18 bits per heavy atom. The molecule has 1 aliphatic rings. The van der Waals surface area contributed by atoms with Crippen molar-refractivity contribution in [3.05, 3.63) is 0 Å². The molecule has 11 heavy (non-hydrogen) atoms. The molecule has 0 saturated heterocycles. The van der Waals surface area contributed by atoms with E-state index in [0.29, 0.717) is 5.41 Å². The van der Waals surface area contributed by atoms with Crippen molar-refractivity contribution in [3.8, 4) is 0 Å². The normalized spacial score (nSPS) is 20.2. The van der Waals surface area contributed by atoms with Crippen LogP contribution in [0, 0.1) is 5.41 Å². The third kappa shape index (κ3) is 2.80. The first-order valence-corrected chi connectivity index (χ1v) is 4.74. The van der Waals surface area contributed by atoms with Crippen molar-refractivity contribution < 1.29 is 0 Å². The van der Waals surface area contributed by atoms with Gasteiger partial charge in [0.2, 0.25) is 0 Å². The van der Waals surface area contributed by atoms with Crippen molar-refractivity contribution in [1.82, 2.24) is 5.32 Å². The number of hydrogen-bond donors (Lipinski definition) is 2. The number of rotatable bonds is 6. The molecule has 0 aliphatic heterocycles. The van der Waals surface area contributed by atoms with Crippen LogP contribution in [-0.4, -0.2) is 19.6 Å². The first kappa shape index (κ1) is 9.01. The highest BCUT2D eigenvalue weighted by Crippen LogP contribution is 2.43. The highest BCUT2D eigenvalue weighted by molar-refractivity contribution is 4.95. The molecule has 0 unspecified atom stereocenters. The molecule has 1 fully saturated rings. The molecule has 0 aromatic heterocycles. The van der Waals surface area contributed by atoms with Crippen LogP contribution in [0.5, 0.6) is 0 Å². The Morgan fingerprint density at radius 3 is 2.64 bits per heavy atom. The first-order chi connectivity index (χ1) is 5.33. The average Bonchev–Trinajstić information content (AvgIpc) is 2.80. The lowest BCUT2D eigenvalue weighted by Gasteiger charge is -2.12. The van der Waals surface area contributed by atoms with Crippen LogP contribution < -0.4 is 11.1 Å². The van der Waals surface area contributed by atoms with Crippen molar-refractivity contribution in [3.63, 3.8) is 0 Å². The Kier molecular flexibility index (Phi) is 3.34. The van der Waals surface area contributed by atoms with E-state index in [-0.39, 0.29) is 0 Å². The highest BCUT2D eigenvalue weighted by Gasteiger charge is 2.40. The topological polar surface area (TPSA) is 38.0 Å². The Balaban J connectivity index is 1.94. The lowest BCUT2D eigenvalue weighted by atomic mass is 10.1. The van der Waals surface area contributed by atoms with Gasteiger partial charge in [0.15, 0.2) is 0 Å². The molecule has 0 amide bonds. The second kappa shape index (κ2) is 4.07. The van der Waals surface area contributed by atoms with Crippen LogP contribution in [0.1, 0.15) is 32.6 Å². The zero-order valence-corrected chi connectivity index (χ0v) is 7.53. The third-order valence-electron chi connectivity index (χ3n) is 2.60. The summed E-state index contributed by atoms with van der Waals surface area (Å²) in [5.41, 5.74) is 6.15. The fourth-order valence-corrected chi connectivity index (χ4v) is 1.29. The SMILES string of the molecule is CCCCNCC1(CN)CC1. The minimum absolute atomic E-state index is 0.508. The molecule has 0 radical (unpaired) electrons. The lowest BCUT2D eigenvalue weighted by Crippen LogP contribution is -2.30. The van der Waals surface area contributed by atoms with E-state index in [0.717, 1.165) is 19.6 Å². The zero-order chi connectivity index (χ0) is 8.16. The van der Waals surface area contributed by atoms with Crippen LogP contribution in [0.25, 0.3) is 0 Å². The molecule has 0 heterocycles.